The molecule has 0 aliphatic heterocycles. The number of esters is 1. The van der Waals surface area contributed by atoms with Gasteiger partial charge in [-0.15, -0.1) is 0 Å². The summed E-state index contributed by atoms with van der Waals surface area (Å²) >= 11 is 0. The topological polar surface area (TPSA) is 54.0 Å². The molecule has 1 aromatic carbocycles. The Morgan fingerprint density at radius 3 is 2.20 bits per heavy atom. The van der Waals surface area contributed by atoms with Gasteiger partial charge in [0, 0.05) is 5.92 Å². The fourth-order valence-electron chi connectivity index (χ4n) is 4.07. The minimum Gasteiger partial charge on any atom is -0.493 e. The second-order valence-electron chi connectivity index (χ2n) is 7.39. The highest BCUT2D eigenvalue weighted by Gasteiger charge is 2.61. The average molecular weight is 346 g/mol. The fourth-order valence-corrected chi connectivity index (χ4v) is 4.07. The largest absolute Gasteiger partial charge is 0.493 e. The normalized spacial score (nSPS) is 23.6. The Morgan fingerprint density at radius 1 is 1.08 bits per heavy atom. The Hall–Kier alpha value is -2.17. The maximum atomic E-state index is 12.8. The molecule has 3 rings (SSSR count). The van der Waals surface area contributed by atoms with Gasteiger partial charge in [0.05, 0.1) is 26.9 Å². The van der Waals surface area contributed by atoms with Gasteiger partial charge in [-0.3, -0.25) is 0 Å². The minimum absolute atomic E-state index is 0.211. The van der Waals surface area contributed by atoms with Gasteiger partial charge in [-0.2, -0.15) is 0 Å². The Bertz CT molecular complexity index is 707. The zero-order valence-electron chi connectivity index (χ0n) is 15.8. The molecule has 136 valence electrons. The van der Waals surface area contributed by atoms with Gasteiger partial charge in [-0.05, 0) is 48.8 Å². The minimum atomic E-state index is -0.392. The fraction of sp³-hybridized carbons (Fsp3) is 0.550. The summed E-state index contributed by atoms with van der Waals surface area (Å²) in [5.41, 5.74) is 1.77. The average Bonchev–Trinajstić information content (AvgIpc) is 3.17. The SMILES string of the molecule is COc1cc(C(=O)OC2=C(C)CC[C@@H]3[C@H]2C3(C)C)cc(OC)c1OC. The quantitative estimate of drug-likeness (QED) is 0.748. The molecular weight excluding hydrogens is 320 g/mol. The van der Waals surface area contributed by atoms with E-state index in [0.29, 0.717) is 34.6 Å². The number of hydrogen-bond donors (Lipinski definition) is 0. The number of benzene rings is 1. The summed E-state index contributed by atoms with van der Waals surface area (Å²) in [5, 5.41) is 0. The third kappa shape index (κ3) is 2.86. The predicted molar refractivity (Wildman–Crippen MR) is 94.2 cm³/mol. The van der Waals surface area contributed by atoms with E-state index >= 15 is 0 Å². The molecule has 1 fully saturated rings. The number of methoxy groups -OCH3 is 3. The van der Waals surface area contributed by atoms with Crippen molar-refractivity contribution in [2.24, 2.45) is 17.3 Å². The Morgan fingerprint density at radius 2 is 1.68 bits per heavy atom. The van der Waals surface area contributed by atoms with Crippen LogP contribution in [-0.4, -0.2) is 27.3 Å². The molecule has 0 N–H and O–H groups in total. The van der Waals surface area contributed by atoms with E-state index in [1.165, 1.54) is 33.3 Å². The first kappa shape index (κ1) is 17.6. The lowest BCUT2D eigenvalue weighted by Crippen LogP contribution is -2.12. The zero-order chi connectivity index (χ0) is 18.4. The van der Waals surface area contributed by atoms with Crippen LogP contribution in [-0.2, 0) is 4.74 Å². The lowest BCUT2D eigenvalue weighted by Gasteiger charge is -2.18. The standard InChI is InChI=1S/C20H26O5/c1-11-7-8-13-16(20(13,2)3)17(11)25-19(21)12-9-14(22-4)18(24-6)15(10-12)23-5/h9-10,13,16H,7-8H2,1-6H3/t13-,16-/m1/s1. The Labute approximate surface area is 148 Å². The van der Waals surface area contributed by atoms with Crippen LogP contribution in [0.25, 0.3) is 0 Å². The molecule has 0 saturated heterocycles. The number of allylic oxidation sites excluding steroid dienone is 2. The second-order valence-corrected chi connectivity index (χ2v) is 7.39. The van der Waals surface area contributed by atoms with Crippen molar-refractivity contribution in [2.45, 2.75) is 33.6 Å². The molecule has 0 heterocycles. The van der Waals surface area contributed by atoms with E-state index < -0.39 is 5.97 Å². The maximum absolute atomic E-state index is 12.8. The number of rotatable bonds is 5. The van der Waals surface area contributed by atoms with Crippen molar-refractivity contribution in [3.8, 4) is 17.2 Å². The second kappa shape index (κ2) is 6.28. The van der Waals surface area contributed by atoms with E-state index in [-0.39, 0.29) is 5.41 Å². The third-order valence-electron chi connectivity index (χ3n) is 5.69. The van der Waals surface area contributed by atoms with Crippen LogP contribution in [0.5, 0.6) is 17.2 Å². The number of fused-ring (bicyclic) bond motifs is 1. The molecule has 0 spiro atoms. The highest BCUT2D eigenvalue weighted by Crippen LogP contribution is 2.66. The Kier molecular flexibility index (Phi) is 4.43. The van der Waals surface area contributed by atoms with Gasteiger partial charge in [-0.25, -0.2) is 4.79 Å². The van der Waals surface area contributed by atoms with Gasteiger partial charge in [0.15, 0.2) is 11.5 Å². The molecule has 0 aromatic heterocycles. The molecule has 0 amide bonds. The van der Waals surface area contributed by atoms with E-state index in [2.05, 4.69) is 20.8 Å². The molecule has 5 nitrogen and oxygen atoms in total. The van der Waals surface area contributed by atoms with Crippen LogP contribution in [0.1, 0.15) is 44.0 Å². The number of carbonyl (C=O) groups excluding carboxylic acids is 1. The van der Waals surface area contributed by atoms with Crippen molar-refractivity contribution in [1.29, 1.82) is 0 Å². The zero-order valence-corrected chi connectivity index (χ0v) is 15.8. The van der Waals surface area contributed by atoms with Crippen molar-refractivity contribution in [3.63, 3.8) is 0 Å². The van der Waals surface area contributed by atoms with E-state index in [9.17, 15) is 4.79 Å². The number of hydrogen-bond acceptors (Lipinski definition) is 5. The molecule has 0 unspecified atom stereocenters. The van der Waals surface area contributed by atoms with Crippen LogP contribution >= 0.6 is 0 Å². The molecule has 5 heteroatoms. The summed E-state index contributed by atoms with van der Waals surface area (Å²) < 4.78 is 21.8. The van der Waals surface area contributed by atoms with Gasteiger partial charge in [0.1, 0.15) is 5.76 Å². The van der Waals surface area contributed by atoms with E-state index in [1.807, 2.05) is 0 Å². The van der Waals surface area contributed by atoms with Gasteiger partial charge in [0.25, 0.3) is 0 Å². The monoisotopic (exact) mass is 346 g/mol. The third-order valence-corrected chi connectivity index (χ3v) is 5.69. The van der Waals surface area contributed by atoms with E-state index in [1.54, 1.807) is 12.1 Å². The summed E-state index contributed by atoms with van der Waals surface area (Å²) in [4.78, 5) is 12.8. The van der Waals surface area contributed by atoms with Crippen molar-refractivity contribution < 1.29 is 23.7 Å². The van der Waals surface area contributed by atoms with E-state index in [4.69, 9.17) is 18.9 Å². The van der Waals surface area contributed by atoms with Crippen molar-refractivity contribution in [3.05, 3.63) is 29.0 Å². The summed E-state index contributed by atoms with van der Waals surface area (Å²) in [6.45, 7) is 6.55. The van der Waals surface area contributed by atoms with Crippen LogP contribution in [0.3, 0.4) is 0 Å². The molecular formula is C20H26O5. The van der Waals surface area contributed by atoms with Gasteiger partial charge < -0.3 is 18.9 Å². The highest BCUT2D eigenvalue weighted by atomic mass is 16.5. The first-order chi connectivity index (χ1) is 11.8. The summed E-state index contributed by atoms with van der Waals surface area (Å²) in [6, 6.07) is 3.25. The van der Waals surface area contributed by atoms with Crippen molar-refractivity contribution in [2.75, 3.05) is 21.3 Å². The molecule has 2 aliphatic carbocycles. The summed E-state index contributed by atoms with van der Waals surface area (Å²) in [5.74, 6) is 2.74. The molecule has 1 saturated carbocycles. The molecule has 0 bridgehead atoms. The van der Waals surface area contributed by atoms with Gasteiger partial charge in [-0.1, -0.05) is 13.8 Å². The molecule has 1 aromatic rings. The van der Waals surface area contributed by atoms with Crippen LogP contribution in [0, 0.1) is 17.3 Å². The van der Waals surface area contributed by atoms with Crippen LogP contribution in [0.4, 0.5) is 0 Å². The maximum Gasteiger partial charge on any atom is 0.343 e. The van der Waals surface area contributed by atoms with Crippen LogP contribution in [0.15, 0.2) is 23.5 Å². The highest BCUT2D eigenvalue weighted by molar-refractivity contribution is 5.92. The van der Waals surface area contributed by atoms with Crippen molar-refractivity contribution in [1.82, 2.24) is 0 Å². The summed E-state index contributed by atoms with van der Waals surface area (Å²) in [7, 11) is 4.58. The smallest absolute Gasteiger partial charge is 0.343 e. The van der Waals surface area contributed by atoms with Gasteiger partial charge >= 0.3 is 5.97 Å². The molecule has 0 radical (unpaired) electrons. The van der Waals surface area contributed by atoms with Crippen molar-refractivity contribution >= 4 is 5.97 Å². The number of carbonyl (C=O) groups is 1. The molecule has 2 atom stereocenters. The lowest BCUT2D eigenvalue weighted by atomic mass is 9.99. The first-order valence-electron chi connectivity index (χ1n) is 8.57. The first-order valence-corrected chi connectivity index (χ1v) is 8.57. The number of ether oxygens (including phenoxy) is 4. The predicted octanol–water partition coefficient (Wildman–Crippen LogP) is 4.21. The van der Waals surface area contributed by atoms with Gasteiger partial charge in [0.2, 0.25) is 5.75 Å². The molecule has 25 heavy (non-hydrogen) atoms. The molecule has 2 aliphatic rings. The lowest BCUT2D eigenvalue weighted by molar-refractivity contribution is 0.0590. The summed E-state index contributed by atoms with van der Waals surface area (Å²) in [6.07, 6.45) is 2.16. The Balaban J connectivity index is 1.89. The van der Waals surface area contributed by atoms with E-state index in [0.717, 1.165) is 12.2 Å². The van der Waals surface area contributed by atoms with Crippen LogP contribution < -0.4 is 14.2 Å². The van der Waals surface area contributed by atoms with Crippen LogP contribution in [0.2, 0.25) is 0 Å².